The number of carbonyl (C=O) groups excluding carboxylic acids is 8. The van der Waals surface area contributed by atoms with Gasteiger partial charge in [0.1, 0.15) is 40.4 Å². The van der Waals surface area contributed by atoms with E-state index in [1.54, 1.807) is 88.4 Å². The largest absolute Gasteiger partial charge is 0.465 e. The van der Waals surface area contributed by atoms with E-state index in [9.17, 15) is 19.2 Å². The zero-order valence-electron chi connectivity index (χ0n) is 45.0. The number of anilines is 2. The number of hydrogen-bond donors (Lipinski definition) is 0. The highest BCUT2D eigenvalue weighted by molar-refractivity contribution is 6.18. The van der Waals surface area contributed by atoms with Crippen LogP contribution in [-0.2, 0) is 101 Å². The van der Waals surface area contributed by atoms with Gasteiger partial charge in [-0.1, -0.05) is 96.1 Å². The van der Waals surface area contributed by atoms with Crippen LogP contribution >= 0.6 is 0 Å². The Morgan fingerprint density at radius 2 is 1.05 bits per heavy atom. The first-order valence-corrected chi connectivity index (χ1v) is 26.0. The standard InChI is InChI=1S/C60H56N4O16/c1-9-77-50(65)36-29-41-58(57(72)78-10-2)25-26-61-46(53(68)75-7)44(51(66)73-5)59(37-27-32(3)21-23-39(37)62(55(59)70)30-34-17-13-11-14-18-34)80-49(61)43(58)42(36)48-64(41)47(54(69)76-8)45(52(67)74-6)60(79-48)38-28-33(4)22-24-40(38)63(56(60)71)31-35-19-15-12-16-20-35/h11-29,41-43,48-49H,9-10,30-31H2,1-8H3. The Bertz CT molecular complexity index is 3480. The highest BCUT2D eigenvalue weighted by Gasteiger charge is 2.77. The Balaban J connectivity index is 1.22. The number of piperidine rings is 1. The monoisotopic (exact) mass is 1090 g/mol. The van der Waals surface area contributed by atoms with Gasteiger partial charge in [0.2, 0.25) is 11.2 Å². The third-order valence-electron chi connectivity index (χ3n) is 16.2. The molecule has 4 aromatic rings. The fourth-order valence-electron chi connectivity index (χ4n) is 13.0. The molecule has 2 amide bonds. The van der Waals surface area contributed by atoms with Gasteiger partial charge in [-0.25, -0.2) is 24.0 Å². The SMILES string of the molecule is CCOC(=O)C1=CC2N3C(C(=O)OC)=C(C(=O)OC)C4(OC3C1C1C3OC5(C(=O)N(Cc6ccccc6)c6ccc(C)cc65)C(C(=O)OC)=C(C(=O)OC)N3C=CC12C(=O)OCC)C(=O)N(Cc1ccccc1)c1ccc(C)cc14. The summed E-state index contributed by atoms with van der Waals surface area (Å²) in [5, 5.41) is 0. The van der Waals surface area contributed by atoms with Crippen molar-refractivity contribution in [3.8, 4) is 0 Å². The molecule has 2 bridgehead atoms. The number of rotatable bonds is 12. The minimum absolute atomic E-state index is 0.0367. The van der Waals surface area contributed by atoms with E-state index in [1.807, 2.05) is 36.4 Å². The van der Waals surface area contributed by atoms with Crippen molar-refractivity contribution < 1.29 is 76.3 Å². The third-order valence-corrected chi connectivity index (χ3v) is 16.2. The molecule has 20 nitrogen and oxygen atoms in total. The van der Waals surface area contributed by atoms with Crippen molar-refractivity contribution in [2.24, 2.45) is 17.3 Å². The van der Waals surface area contributed by atoms with Crippen molar-refractivity contribution in [1.29, 1.82) is 0 Å². The first-order valence-electron chi connectivity index (χ1n) is 26.0. The average molecular weight is 1090 g/mol. The first kappa shape index (κ1) is 53.1. The van der Waals surface area contributed by atoms with Crippen molar-refractivity contribution in [3.05, 3.63) is 177 Å². The zero-order chi connectivity index (χ0) is 56.7. The van der Waals surface area contributed by atoms with E-state index < -0.39 is 117 Å². The van der Waals surface area contributed by atoms with Crippen LogP contribution in [-0.4, -0.2) is 118 Å². The van der Waals surface area contributed by atoms with E-state index in [2.05, 4.69) is 0 Å². The normalized spacial score (nSPS) is 26.6. The molecule has 412 valence electrons. The topological polar surface area (TPSA) is 223 Å². The van der Waals surface area contributed by atoms with Crippen LogP contribution in [0.2, 0.25) is 0 Å². The number of methoxy groups -OCH3 is 4. The molecular weight excluding hydrogens is 1030 g/mol. The van der Waals surface area contributed by atoms with Crippen molar-refractivity contribution >= 4 is 59.0 Å². The molecule has 8 aliphatic rings. The Hall–Kier alpha value is -8.88. The van der Waals surface area contributed by atoms with Gasteiger partial charge in [-0.05, 0) is 63.1 Å². The molecule has 0 saturated carbocycles. The lowest BCUT2D eigenvalue weighted by Gasteiger charge is -2.66. The molecule has 8 unspecified atom stereocenters. The summed E-state index contributed by atoms with van der Waals surface area (Å²) < 4.78 is 48.7. The molecule has 0 aromatic heterocycles. The summed E-state index contributed by atoms with van der Waals surface area (Å²) in [4.78, 5) is 128. The number of nitrogens with zero attached hydrogens (tertiary/aromatic N) is 4. The first-order chi connectivity index (χ1) is 38.5. The van der Waals surface area contributed by atoms with E-state index in [0.717, 1.165) is 28.4 Å². The maximum absolute atomic E-state index is 16.1. The zero-order valence-corrected chi connectivity index (χ0v) is 45.0. The van der Waals surface area contributed by atoms with E-state index in [4.69, 9.17) is 37.9 Å². The molecule has 0 radical (unpaired) electrons. The maximum atomic E-state index is 16.1. The summed E-state index contributed by atoms with van der Waals surface area (Å²) in [7, 11) is 4.33. The molecule has 7 aliphatic heterocycles. The van der Waals surface area contributed by atoms with Crippen molar-refractivity contribution in [3.63, 3.8) is 0 Å². The number of benzene rings is 4. The van der Waals surface area contributed by atoms with Gasteiger partial charge < -0.3 is 57.5 Å². The Morgan fingerprint density at radius 1 is 0.575 bits per heavy atom. The van der Waals surface area contributed by atoms with Gasteiger partial charge in [0, 0.05) is 34.7 Å². The van der Waals surface area contributed by atoms with E-state index in [0.29, 0.717) is 33.6 Å². The third kappa shape index (κ3) is 7.33. The molecule has 1 saturated heterocycles. The maximum Gasteiger partial charge on any atom is 0.355 e. The number of esters is 6. The van der Waals surface area contributed by atoms with Gasteiger partial charge in [0.15, 0.2) is 0 Å². The minimum Gasteiger partial charge on any atom is -0.465 e. The molecule has 0 N–H and O–H groups in total. The second-order valence-corrected chi connectivity index (χ2v) is 20.2. The van der Waals surface area contributed by atoms with E-state index in [1.165, 1.54) is 38.0 Å². The number of hydrogen-bond acceptors (Lipinski definition) is 18. The number of carbonyl (C=O) groups is 8. The Labute approximate surface area is 459 Å². The number of amides is 2. The van der Waals surface area contributed by atoms with Crippen molar-refractivity contribution in [2.45, 2.75) is 70.5 Å². The number of aryl methyl sites for hydroxylation is 2. The van der Waals surface area contributed by atoms with Crippen LogP contribution < -0.4 is 9.80 Å². The second kappa shape index (κ2) is 19.8. The van der Waals surface area contributed by atoms with Gasteiger partial charge in [0.05, 0.1) is 72.2 Å². The quantitative estimate of drug-likeness (QED) is 0.131. The Morgan fingerprint density at radius 3 is 1.54 bits per heavy atom. The minimum atomic E-state index is -2.57. The molecule has 12 rings (SSSR count). The van der Waals surface area contributed by atoms with E-state index in [-0.39, 0.29) is 43.0 Å². The van der Waals surface area contributed by atoms with Crippen LogP contribution in [0.4, 0.5) is 11.4 Å². The van der Waals surface area contributed by atoms with Gasteiger partial charge >= 0.3 is 35.8 Å². The van der Waals surface area contributed by atoms with Crippen molar-refractivity contribution in [2.75, 3.05) is 51.5 Å². The average Bonchev–Trinajstić information content (AvgIpc) is 3.98. The molecule has 8 atom stereocenters. The molecule has 1 aliphatic carbocycles. The summed E-state index contributed by atoms with van der Waals surface area (Å²) >= 11 is 0. The highest BCUT2D eigenvalue weighted by Crippen LogP contribution is 2.66. The molecule has 4 aromatic carbocycles. The molecule has 20 heteroatoms. The highest BCUT2D eigenvalue weighted by atomic mass is 16.6. The predicted molar refractivity (Wildman–Crippen MR) is 280 cm³/mol. The van der Waals surface area contributed by atoms with Crippen LogP contribution in [0.5, 0.6) is 0 Å². The molecule has 80 heavy (non-hydrogen) atoms. The van der Waals surface area contributed by atoms with Gasteiger partial charge in [-0.3, -0.25) is 14.4 Å². The molecule has 1 fully saturated rings. The smallest absolute Gasteiger partial charge is 0.355 e. The van der Waals surface area contributed by atoms with Crippen LogP contribution in [0, 0.1) is 31.1 Å². The van der Waals surface area contributed by atoms with Gasteiger partial charge in [-0.2, -0.15) is 0 Å². The summed E-state index contributed by atoms with van der Waals surface area (Å²) in [6.07, 6.45) is 0.605. The molecular formula is C60H56N4O16. The number of fused-ring (bicyclic) bond motifs is 5. The van der Waals surface area contributed by atoms with Crippen LogP contribution in [0.25, 0.3) is 0 Å². The summed E-state index contributed by atoms with van der Waals surface area (Å²) in [5.41, 5.74) is -6.06. The van der Waals surface area contributed by atoms with Crippen LogP contribution in [0.15, 0.2) is 144 Å². The summed E-state index contributed by atoms with van der Waals surface area (Å²) in [6, 6.07) is 26.8. The lowest BCUT2D eigenvalue weighted by atomic mass is 9.52. The van der Waals surface area contributed by atoms with Crippen molar-refractivity contribution in [1.82, 2.24) is 9.80 Å². The van der Waals surface area contributed by atoms with Gasteiger partial charge in [-0.15, -0.1) is 0 Å². The summed E-state index contributed by atoms with van der Waals surface area (Å²) in [5.74, 6) is -11.3. The van der Waals surface area contributed by atoms with Crippen LogP contribution in [0.3, 0.4) is 0 Å². The lowest BCUT2D eigenvalue weighted by Crippen LogP contribution is -2.77. The fourth-order valence-corrected chi connectivity index (χ4v) is 13.0. The second-order valence-electron chi connectivity index (χ2n) is 20.2. The van der Waals surface area contributed by atoms with Gasteiger partial charge in [0.25, 0.3) is 11.8 Å². The lowest BCUT2D eigenvalue weighted by molar-refractivity contribution is -0.268. The van der Waals surface area contributed by atoms with Crippen LogP contribution in [0.1, 0.15) is 47.2 Å². The summed E-state index contributed by atoms with van der Waals surface area (Å²) in [6.45, 7) is 6.28. The van der Waals surface area contributed by atoms with E-state index >= 15 is 19.2 Å². The fraction of sp³-hybridized carbons (Fsp3) is 0.333. The number of ether oxygens (including phenoxy) is 8. The Kier molecular flexibility index (Phi) is 13.1. The molecule has 7 heterocycles. The predicted octanol–water partition coefficient (Wildman–Crippen LogP) is 5.20. The molecule has 2 spiro atoms.